The average molecular weight is 309 g/mol. The number of rotatable bonds is 9. The average Bonchev–Trinajstić information content (AvgIpc) is 2.40. The Bertz CT molecular complexity index is 283. The van der Waals surface area contributed by atoms with Crippen molar-refractivity contribution in [3.05, 3.63) is 0 Å². The fourth-order valence-electron chi connectivity index (χ4n) is 1.81. The first-order chi connectivity index (χ1) is 9.49. The van der Waals surface area contributed by atoms with Crippen molar-refractivity contribution in [2.75, 3.05) is 26.7 Å². The summed E-state index contributed by atoms with van der Waals surface area (Å²) in [6.07, 6.45) is -7.01. The van der Waals surface area contributed by atoms with Gasteiger partial charge in [0.05, 0.1) is 12.7 Å². The van der Waals surface area contributed by atoms with Gasteiger partial charge in [-0.05, 0) is 25.4 Å². The molecule has 6 N–H and O–H groups in total. The molecule has 0 heterocycles. The zero-order valence-corrected chi connectivity index (χ0v) is 13.3. The maximum absolute atomic E-state index is 9.88. The maximum Gasteiger partial charge on any atom is 0.111 e. The highest BCUT2D eigenvalue weighted by atomic mass is 16.4. The number of aliphatic hydroxyl groups excluding tert-OH is 6. The van der Waals surface area contributed by atoms with Crippen LogP contribution in [0, 0.1) is 5.41 Å². The fraction of sp³-hybridized carbons (Fsp3) is 1.00. The minimum Gasteiger partial charge on any atom is -0.394 e. The standard InChI is InChI=1S/C14H31NO6/c1-14(2,3)5-6-15(4)7-9(17)11(19)13(21)12(20)10(18)8-16/h9-13,16-21H,5-8H2,1-4H3. The van der Waals surface area contributed by atoms with Crippen LogP contribution in [0.5, 0.6) is 0 Å². The molecule has 0 aromatic rings. The molecule has 0 amide bonds. The fourth-order valence-corrected chi connectivity index (χ4v) is 1.81. The van der Waals surface area contributed by atoms with E-state index in [0.29, 0.717) is 6.54 Å². The van der Waals surface area contributed by atoms with Gasteiger partial charge in [-0.1, -0.05) is 20.8 Å². The Kier molecular flexibility index (Phi) is 8.87. The molecule has 21 heavy (non-hydrogen) atoms. The topological polar surface area (TPSA) is 125 Å². The quantitative estimate of drug-likeness (QED) is 0.295. The van der Waals surface area contributed by atoms with Crippen LogP contribution in [0.3, 0.4) is 0 Å². The van der Waals surface area contributed by atoms with Crippen LogP contribution in [0.15, 0.2) is 0 Å². The Morgan fingerprint density at radius 3 is 1.76 bits per heavy atom. The zero-order valence-electron chi connectivity index (χ0n) is 13.3. The van der Waals surface area contributed by atoms with Crippen molar-refractivity contribution in [3.63, 3.8) is 0 Å². The lowest BCUT2D eigenvalue weighted by molar-refractivity contribution is -0.142. The van der Waals surface area contributed by atoms with E-state index in [1.165, 1.54) is 0 Å². The molecule has 5 atom stereocenters. The maximum atomic E-state index is 9.88. The smallest absolute Gasteiger partial charge is 0.111 e. The molecule has 128 valence electrons. The first-order valence-electron chi connectivity index (χ1n) is 7.19. The lowest BCUT2D eigenvalue weighted by Crippen LogP contribution is -2.52. The van der Waals surface area contributed by atoms with Crippen LogP contribution in [0.4, 0.5) is 0 Å². The molecule has 5 unspecified atom stereocenters. The summed E-state index contributed by atoms with van der Waals surface area (Å²) < 4.78 is 0. The van der Waals surface area contributed by atoms with Gasteiger partial charge in [-0.3, -0.25) is 0 Å². The third-order valence-electron chi connectivity index (χ3n) is 3.42. The summed E-state index contributed by atoms with van der Waals surface area (Å²) in [5.74, 6) is 0. The molecule has 0 bridgehead atoms. The van der Waals surface area contributed by atoms with Gasteiger partial charge in [0.2, 0.25) is 0 Å². The molecule has 7 nitrogen and oxygen atoms in total. The molecule has 0 fully saturated rings. The molecule has 0 aliphatic rings. The Morgan fingerprint density at radius 1 is 0.857 bits per heavy atom. The van der Waals surface area contributed by atoms with Gasteiger partial charge in [-0.15, -0.1) is 0 Å². The zero-order chi connectivity index (χ0) is 16.8. The number of likely N-dealkylation sites (N-methyl/N-ethyl adjacent to an activating group) is 1. The van der Waals surface area contributed by atoms with Crippen molar-refractivity contribution in [2.24, 2.45) is 5.41 Å². The number of nitrogens with zero attached hydrogens (tertiary/aromatic N) is 1. The molecule has 0 saturated heterocycles. The van der Waals surface area contributed by atoms with Gasteiger partial charge in [0.1, 0.15) is 24.4 Å². The monoisotopic (exact) mass is 309 g/mol. The molecule has 0 saturated carbocycles. The molecular formula is C14H31NO6. The van der Waals surface area contributed by atoms with Crippen LogP contribution in [0.25, 0.3) is 0 Å². The summed E-state index contributed by atoms with van der Waals surface area (Å²) in [4.78, 5) is 1.82. The molecular weight excluding hydrogens is 278 g/mol. The van der Waals surface area contributed by atoms with Gasteiger partial charge >= 0.3 is 0 Å². The van der Waals surface area contributed by atoms with Crippen LogP contribution in [0.2, 0.25) is 0 Å². The molecule has 7 heteroatoms. The van der Waals surface area contributed by atoms with E-state index in [2.05, 4.69) is 20.8 Å². The van der Waals surface area contributed by atoms with E-state index in [1.54, 1.807) is 7.05 Å². The third-order valence-corrected chi connectivity index (χ3v) is 3.42. The van der Waals surface area contributed by atoms with E-state index < -0.39 is 37.1 Å². The van der Waals surface area contributed by atoms with Gasteiger partial charge in [0.25, 0.3) is 0 Å². The lowest BCUT2D eigenvalue weighted by Gasteiger charge is -2.31. The van der Waals surface area contributed by atoms with Gasteiger partial charge in [-0.25, -0.2) is 0 Å². The SMILES string of the molecule is CN(CCC(C)(C)C)CC(O)C(O)C(O)C(O)C(O)CO. The number of aliphatic hydroxyl groups is 6. The van der Waals surface area contributed by atoms with Crippen LogP contribution in [-0.2, 0) is 0 Å². The first kappa shape index (κ1) is 20.7. The molecule has 0 rings (SSSR count). The molecule has 0 spiro atoms. The predicted octanol–water partition coefficient (Wildman–Crippen LogP) is -1.85. The second kappa shape index (κ2) is 8.99. The summed E-state index contributed by atoms with van der Waals surface area (Å²) in [6, 6.07) is 0. The highest BCUT2D eigenvalue weighted by molar-refractivity contribution is 4.85. The van der Waals surface area contributed by atoms with Crippen molar-refractivity contribution in [3.8, 4) is 0 Å². The van der Waals surface area contributed by atoms with Gasteiger partial charge in [0.15, 0.2) is 0 Å². The summed E-state index contributed by atoms with van der Waals surface area (Å²) in [5.41, 5.74) is 0.152. The van der Waals surface area contributed by atoms with Crippen molar-refractivity contribution < 1.29 is 30.6 Å². The number of hydrogen-bond donors (Lipinski definition) is 6. The van der Waals surface area contributed by atoms with Crippen LogP contribution in [-0.4, -0.2) is 92.8 Å². The summed E-state index contributed by atoms with van der Waals surface area (Å²) in [6.45, 7) is 6.39. The van der Waals surface area contributed by atoms with Crippen molar-refractivity contribution in [2.45, 2.75) is 57.7 Å². The first-order valence-corrected chi connectivity index (χ1v) is 7.19. The minimum absolute atomic E-state index is 0.121. The Balaban J connectivity index is 4.34. The van der Waals surface area contributed by atoms with E-state index in [0.717, 1.165) is 6.42 Å². The second-order valence-electron chi connectivity index (χ2n) is 6.86. The van der Waals surface area contributed by atoms with Crippen LogP contribution in [0.1, 0.15) is 27.2 Å². The van der Waals surface area contributed by atoms with Crippen molar-refractivity contribution >= 4 is 0 Å². The summed E-state index contributed by atoms with van der Waals surface area (Å²) >= 11 is 0. The predicted molar refractivity (Wildman–Crippen MR) is 78.7 cm³/mol. The van der Waals surface area contributed by atoms with E-state index in [4.69, 9.17) is 5.11 Å². The molecule has 0 aromatic carbocycles. The van der Waals surface area contributed by atoms with Crippen molar-refractivity contribution in [1.29, 1.82) is 0 Å². The van der Waals surface area contributed by atoms with E-state index in [-0.39, 0.29) is 12.0 Å². The third kappa shape index (κ3) is 8.06. The highest BCUT2D eigenvalue weighted by Gasteiger charge is 2.34. The highest BCUT2D eigenvalue weighted by Crippen LogP contribution is 2.18. The van der Waals surface area contributed by atoms with Gasteiger partial charge in [0, 0.05) is 6.54 Å². The van der Waals surface area contributed by atoms with Crippen LogP contribution >= 0.6 is 0 Å². The van der Waals surface area contributed by atoms with E-state index in [9.17, 15) is 25.5 Å². The number of hydrogen-bond acceptors (Lipinski definition) is 7. The normalized spacial score (nSPS) is 20.1. The Morgan fingerprint density at radius 2 is 1.33 bits per heavy atom. The molecule has 0 aromatic heterocycles. The second-order valence-corrected chi connectivity index (χ2v) is 6.86. The lowest BCUT2D eigenvalue weighted by atomic mass is 9.92. The molecule has 0 radical (unpaired) electrons. The largest absolute Gasteiger partial charge is 0.394 e. The van der Waals surface area contributed by atoms with E-state index in [1.807, 2.05) is 4.90 Å². The van der Waals surface area contributed by atoms with Crippen molar-refractivity contribution in [1.82, 2.24) is 4.90 Å². The molecule has 0 aliphatic heterocycles. The minimum atomic E-state index is -1.74. The van der Waals surface area contributed by atoms with E-state index >= 15 is 0 Å². The van der Waals surface area contributed by atoms with Gasteiger partial charge < -0.3 is 35.5 Å². The summed E-state index contributed by atoms with van der Waals surface area (Å²) in [5, 5.41) is 56.8. The Hall–Kier alpha value is -0.280. The van der Waals surface area contributed by atoms with Gasteiger partial charge in [-0.2, -0.15) is 0 Å². The summed E-state index contributed by atoms with van der Waals surface area (Å²) in [7, 11) is 1.78. The molecule has 0 aliphatic carbocycles. The van der Waals surface area contributed by atoms with Crippen LogP contribution < -0.4 is 0 Å². The Labute approximate surface area is 126 Å².